The number of nitrogens with zero attached hydrogens (tertiary/aromatic N) is 3. The first-order valence-electron chi connectivity index (χ1n) is 7.21. The van der Waals surface area contributed by atoms with Crippen molar-refractivity contribution in [2.24, 2.45) is 5.10 Å². The molecule has 2 heterocycles. The zero-order valence-corrected chi connectivity index (χ0v) is 14.6. The Morgan fingerprint density at radius 2 is 2.00 bits per heavy atom. The standard InChI is InChI=1S/C15H11Cl2F3N4O2/c1-7-6-14(26,15(18,19)20)24(23-7)13(25)12-5-11(21-22-12)8-2-3-9(16)10(17)4-8/h2-5,26H,6H2,1H3,(H,21,22). The third kappa shape index (κ3) is 3.06. The van der Waals surface area contributed by atoms with Crippen molar-refractivity contribution in [3.05, 3.63) is 40.0 Å². The normalized spacial score (nSPS) is 20.4. The number of alkyl halides is 3. The average molecular weight is 407 g/mol. The van der Waals surface area contributed by atoms with E-state index in [-0.39, 0.29) is 27.1 Å². The van der Waals surface area contributed by atoms with Crippen LogP contribution in [0.15, 0.2) is 29.4 Å². The van der Waals surface area contributed by atoms with Crippen molar-refractivity contribution in [1.29, 1.82) is 0 Å². The zero-order valence-electron chi connectivity index (χ0n) is 13.1. The fourth-order valence-corrected chi connectivity index (χ4v) is 2.80. The highest BCUT2D eigenvalue weighted by molar-refractivity contribution is 6.42. The molecule has 0 saturated carbocycles. The van der Waals surface area contributed by atoms with Gasteiger partial charge in [0.05, 0.1) is 15.7 Å². The number of carbonyl (C=O) groups excluding carboxylic acids is 1. The summed E-state index contributed by atoms with van der Waals surface area (Å²) in [6.45, 7) is 1.29. The molecule has 0 aliphatic carbocycles. The van der Waals surface area contributed by atoms with Gasteiger partial charge in [-0.2, -0.15) is 28.4 Å². The molecule has 11 heteroatoms. The van der Waals surface area contributed by atoms with Crippen LogP contribution in [0.4, 0.5) is 13.2 Å². The number of hydrogen-bond acceptors (Lipinski definition) is 4. The summed E-state index contributed by atoms with van der Waals surface area (Å²) < 4.78 is 39.7. The van der Waals surface area contributed by atoms with Crippen LogP contribution in [-0.4, -0.2) is 43.8 Å². The maximum Gasteiger partial charge on any atom is 0.438 e. The third-order valence-corrected chi connectivity index (χ3v) is 4.53. The molecule has 1 amide bonds. The largest absolute Gasteiger partial charge is 0.438 e. The minimum atomic E-state index is -5.07. The number of H-pyrrole nitrogens is 1. The van der Waals surface area contributed by atoms with Gasteiger partial charge in [-0.05, 0) is 25.1 Å². The molecule has 0 bridgehead atoms. The van der Waals surface area contributed by atoms with Crippen molar-refractivity contribution in [2.75, 3.05) is 0 Å². The third-order valence-electron chi connectivity index (χ3n) is 3.79. The minimum Gasteiger partial charge on any atom is -0.362 e. The van der Waals surface area contributed by atoms with E-state index in [1.165, 1.54) is 25.1 Å². The molecule has 6 nitrogen and oxygen atoms in total. The predicted molar refractivity (Wildman–Crippen MR) is 88.9 cm³/mol. The van der Waals surface area contributed by atoms with Gasteiger partial charge in [-0.25, -0.2) is 0 Å². The summed E-state index contributed by atoms with van der Waals surface area (Å²) >= 11 is 11.7. The topological polar surface area (TPSA) is 81.6 Å². The van der Waals surface area contributed by atoms with Crippen LogP contribution in [0, 0.1) is 0 Å². The summed E-state index contributed by atoms with van der Waals surface area (Å²) in [4.78, 5) is 12.5. The molecule has 138 valence electrons. The molecule has 1 aromatic carbocycles. The number of hydrogen-bond donors (Lipinski definition) is 2. The Morgan fingerprint density at radius 3 is 2.62 bits per heavy atom. The molecule has 0 fully saturated rings. The summed E-state index contributed by atoms with van der Waals surface area (Å²) in [7, 11) is 0. The van der Waals surface area contributed by atoms with Crippen molar-refractivity contribution >= 4 is 34.8 Å². The average Bonchev–Trinajstić information content (AvgIpc) is 3.14. The van der Waals surface area contributed by atoms with Crippen LogP contribution in [0.5, 0.6) is 0 Å². The Labute approximate surface area is 155 Å². The lowest BCUT2D eigenvalue weighted by molar-refractivity contribution is -0.297. The molecule has 1 aliphatic heterocycles. The van der Waals surface area contributed by atoms with Crippen LogP contribution >= 0.6 is 23.2 Å². The number of amides is 1. The first-order chi connectivity index (χ1) is 12.0. The maximum absolute atomic E-state index is 13.2. The number of aliphatic hydroxyl groups is 1. The fraction of sp³-hybridized carbons (Fsp3) is 0.267. The molecule has 3 rings (SSSR count). The van der Waals surface area contributed by atoms with E-state index < -0.39 is 24.2 Å². The van der Waals surface area contributed by atoms with Gasteiger partial charge in [0, 0.05) is 17.7 Å². The smallest absolute Gasteiger partial charge is 0.362 e. The molecule has 1 atom stereocenters. The van der Waals surface area contributed by atoms with E-state index in [2.05, 4.69) is 15.3 Å². The lowest BCUT2D eigenvalue weighted by Gasteiger charge is -2.32. The molecule has 1 aliphatic rings. The fourth-order valence-electron chi connectivity index (χ4n) is 2.50. The van der Waals surface area contributed by atoms with Gasteiger partial charge >= 0.3 is 6.18 Å². The molecule has 0 spiro atoms. The van der Waals surface area contributed by atoms with Gasteiger partial charge in [-0.1, -0.05) is 29.3 Å². The summed E-state index contributed by atoms with van der Waals surface area (Å²) in [5.74, 6) is -1.17. The van der Waals surface area contributed by atoms with Crippen molar-refractivity contribution in [1.82, 2.24) is 15.2 Å². The molecule has 1 aromatic heterocycles. The first-order valence-corrected chi connectivity index (χ1v) is 7.97. The summed E-state index contributed by atoms with van der Waals surface area (Å²) in [6, 6.07) is 5.84. The van der Waals surface area contributed by atoms with Crippen LogP contribution in [0.25, 0.3) is 11.3 Å². The second-order valence-electron chi connectivity index (χ2n) is 5.74. The molecular formula is C15H11Cl2F3N4O2. The highest BCUT2D eigenvalue weighted by atomic mass is 35.5. The van der Waals surface area contributed by atoms with E-state index in [9.17, 15) is 23.1 Å². The van der Waals surface area contributed by atoms with Crippen LogP contribution in [0.3, 0.4) is 0 Å². The number of halogens is 5. The number of hydrazone groups is 1. The van der Waals surface area contributed by atoms with Crippen LogP contribution in [0.1, 0.15) is 23.8 Å². The van der Waals surface area contributed by atoms with E-state index in [4.69, 9.17) is 23.2 Å². The number of aromatic amines is 1. The van der Waals surface area contributed by atoms with Gasteiger partial charge in [-0.3, -0.25) is 9.89 Å². The quantitative estimate of drug-likeness (QED) is 0.794. The number of nitrogens with one attached hydrogen (secondary N) is 1. The van der Waals surface area contributed by atoms with Gasteiger partial charge < -0.3 is 5.11 Å². The molecular weight excluding hydrogens is 396 g/mol. The molecule has 2 aromatic rings. The summed E-state index contributed by atoms with van der Waals surface area (Å²) in [6.07, 6.45) is -5.90. The lowest BCUT2D eigenvalue weighted by Crippen LogP contribution is -2.56. The second kappa shape index (κ2) is 6.26. The van der Waals surface area contributed by atoms with Crippen LogP contribution in [-0.2, 0) is 0 Å². The van der Waals surface area contributed by atoms with Crippen molar-refractivity contribution < 1.29 is 23.1 Å². The molecule has 2 N–H and O–H groups in total. The Bertz CT molecular complexity index is 913. The molecule has 1 unspecified atom stereocenters. The molecule has 26 heavy (non-hydrogen) atoms. The van der Waals surface area contributed by atoms with Crippen molar-refractivity contribution in [2.45, 2.75) is 25.2 Å². The molecule has 0 saturated heterocycles. The number of carbonyl (C=O) groups is 1. The highest BCUT2D eigenvalue weighted by Crippen LogP contribution is 2.41. The van der Waals surface area contributed by atoms with Gasteiger partial charge in [0.15, 0.2) is 0 Å². The van der Waals surface area contributed by atoms with Crippen LogP contribution < -0.4 is 0 Å². The number of benzene rings is 1. The second-order valence-corrected chi connectivity index (χ2v) is 6.55. The maximum atomic E-state index is 13.2. The number of aromatic nitrogens is 2. The van der Waals surface area contributed by atoms with Crippen molar-refractivity contribution in [3.8, 4) is 11.3 Å². The molecule has 0 radical (unpaired) electrons. The summed E-state index contributed by atoms with van der Waals surface area (Å²) in [5.41, 5.74) is -2.93. The SMILES string of the molecule is CC1=NN(C(=O)c2cc(-c3ccc(Cl)c(Cl)c3)n[nH]2)C(O)(C(F)(F)F)C1. The minimum absolute atomic E-state index is 0.0223. The van der Waals surface area contributed by atoms with E-state index in [0.717, 1.165) is 0 Å². The first kappa shape index (κ1) is 18.7. The van der Waals surface area contributed by atoms with Crippen LogP contribution in [0.2, 0.25) is 10.0 Å². The zero-order chi connectivity index (χ0) is 19.3. The highest BCUT2D eigenvalue weighted by Gasteiger charge is 2.62. The van der Waals surface area contributed by atoms with E-state index in [1.807, 2.05) is 0 Å². The monoisotopic (exact) mass is 406 g/mol. The van der Waals surface area contributed by atoms with Gasteiger partial charge in [0.25, 0.3) is 11.6 Å². The Balaban J connectivity index is 1.93. The van der Waals surface area contributed by atoms with Gasteiger partial charge in [0.2, 0.25) is 0 Å². The predicted octanol–water partition coefficient (Wildman–Crippen LogP) is 3.86. The van der Waals surface area contributed by atoms with Gasteiger partial charge in [0.1, 0.15) is 5.69 Å². The Kier molecular flexibility index (Phi) is 4.50. The Morgan fingerprint density at radius 1 is 1.31 bits per heavy atom. The summed E-state index contributed by atoms with van der Waals surface area (Å²) in [5, 5.41) is 20.4. The van der Waals surface area contributed by atoms with E-state index >= 15 is 0 Å². The van der Waals surface area contributed by atoms with Gasteiger partial charge in [-0.15, -0.1) is 0 Å². The Hall–Kier alpha value is -2.10. The van der Waals surface area contributed by atoms with E-state index in [1.54, 1.807) is 6.07 Å². The lowest BCUT2D eigenvalue weighted by atomic mass is 10.1. The number of rotatable bonds is 2. The van der Waals surface area contributed by atoms with Crippen molar-refractivity contribution in [3.63, 3.8) is 0 Å². The van der Waals surface area contributed by atoms with E-state index in [0.29, 0.717) is 10.6 Å².